The first-order chi connectivity index (χ1) is 12.6. The SMILES string of the molecule is O=C(COC(=O)CCc1ccc(F)cc1)NCc1ccc2c(c1)OCO2. The topological polar surface area (TPSA) is 73.9 Å². The van der Waals surface area contributed by atoms with Gasteiger partial charge in [-0.2, -0.15) is 0 Å². The molecule has 3 rings (SSSR count). The van der Waals surface area contributed by atoms with Gasteiger partial charge in [0.2, 0.25) is 6.79 Å². The Morgan fingerprint density at radius 3 is 2.58 bits per heavy atom. The molecule has 1 N–H and O–H groups in total. The number of fused-ring (bicyclic) bond motifs is 1. The molecular weight excluding hydrogens is 341 g/mol. The quantitative estimate of drug-likeness (QED) is 0.768. The third-order valence-electron chi connectivity index (χ3n) is 3.82. The fourth-order valence-corrected chi connectivity index (χ4v) is 2.42. The number of carbonyl (C=O) groups excluding carboxylic acids is 2. The van der Waals surface area contributed by atoms with Crippen LogP contribution in [0.4, 0.5) is 4.39 Å². The van der Waals surface area contributed by atoms with Gasteiger partial charge in [0.1, 0.15) is 5.82 Å². The lowest BCUT2D eigenvalue weighted by molar-refractivity contribution is -0.148. The van der Waals surface area contributed by atoms with E-state index in [1.807, 2.05) is 6.07 Å². The van der Waals surface area contributed by atoms with Gasteiger partial charge in [-0.05, 0) is 41.8 Å². The summed E-state index contributed by atoms with van der Waals surface area (Å²) in [5, 5.41) is 2.67. The molecule has 26 heavy (non-hydrogen) atoms. The molecule has 136 valence electrons. The second kappa shape index (κ2) is 8.33. The highest BCUT2D eigenvalue weighted by Crippen LogP contribution is 2.32. The lowest BCUT2D eigenvalue weighted by atomic mass is 10.1. The minimum atomic E-state index is -0.479. The smallest absolute Gasteiger partial charge is 0.306 e. The third-order valence-corrected chi connectivity index (χ3v) is 3.82. The highest BCUT2D eigenvalue weighted by molar-refractivity contribution is 5.80. The first-order valence-corrected chi connectivity index (χ1v) is 8.15. The van der Waals surface area contributed by atoms with Gasteiger partial charge in [0.05, 0.1) is 0 Å². The van der Waals surface area contributed by atoms with Gasteiger partial charge in [-0.25, -0.2) is 4.39 Å². The van der Waals surface area contributed by atoms with Crippen LogP contribution in [-0.2, 0) is 27.3 Å². The minimum absolute atomic E-state index is 0.126. The van der Waals surface area contributed by atoms with Crippen LogP contribution in [-0.4, -0.2) is 25.3 Å². The summed E-state index contributed by atoms with van der Waals surface area (Å²) >= 11 is 0. The molecule has 0 atom stereocenters. The van der Waals surface area contributed by atoms with Crippen LogP contribution >= 0.6 is 0 Å². The molecule has 1 aliphatic rings. The zero-order chi connectivity index (χ0) is 18.4. The van der Waals surface area contributed by atoms with Crippen molar-refractivity contribution in [3.63, 3.8) is 0 Å². The van der Waals surface area contributed by atoms with Gasteiger partial charge < -0.3 is 19.5 Å². The Morgan fingerprint density at radius 2 is 1.77 bits per heavy atom. The molecule has 0 fully saturated rings. The Hall–Kier alpha value is -3.09. The standard InChI is InChI=1S/C19H18FNO5/c20-15-5-1-13(2-6-15)4-8-19(23)24-11-18(22)21-10-14-3-7-16-17(9-14)26-12-25-16/h1-3,5-7,9H,4,8,10-12H2,(H,21,22). The van der Waals surface area contributed by atoms with Gasteiger partial charge in [-0.3, -0.25) is 9.59 Å². The van der Waals surface area contributed by atoms with Crippen molar-refractivity contribution in [2.24, 2.45) is 0 Å². The Morgan fingerprint density at radius 1 is 1.04 bits per heavy atom. The maximum absolute atomic E-state index is 12.8. The number of hydrogen-bond acceptors (Lipinski definition) is 5. The summed E-state index contributed by atoms with van der Waals surface area (Å²) in [6.45, 7) is 0.147. The average molecular weight is 359 g/mol. The number of rotatable bonds is 7. The van der Waals surface area contributed by atoms with Gasteiger partial charge in [0.15, 0.2) is 18.1 Å². The van der Waals surface area contributed by atoms with E-state index in [0.29, 0.717) is 24.5 Å². The van der Waals surface area contributed by atoms with Crippen LogP contribution in [0.25, 0.3) is 0 Å². The van der Waals surface area contributed by atoms with E-state index in [0.717, 1.165) is 11.1 Å². The zero-order valence-corrected chi connectivity index (χ0v) is 14.0. The highest BCUT2D eigenvalue weighted by atomic mass is 19.1. The normalized spacial score (nSPS) is 11.9. The monoisotopic (exact) mass is 359 g/mol. The summed E-state index contributed by atoms with van der Waals surface area (Å²) in [5.74, 6) is 0.125. The Labute approximate surface area is 149 Å². The van der Waals surface area contributed by atoms with Gasteiger partial charge in [0, 0.05) is 13.0 Å². The maximum Gasteiger partial charge on any atom is 0.306 e. The molecule has 0 radical (unpaired) electrons. The molecule has 0 spiro atoms. The number of esters is 1. The van der Waals surface area contributed by atoms with Crippen LogP contribution in [0.3, 0.4) is 0 Å². The highest BCUT2D eigenvalue weighted by Gasteiger charge is 2.14. The van der Waals surface area contributed by atoms with Crippen LogP contribution in [0, 0.1) is 5.82 Å². The van der Waals surface area contributed by atoms with E-state index in [1.54, 1.807) is 24.3 Å². The number of carbonyl (C=O) groups is 2. The van der Waals surface area contributed by atoms with Crippen LogP contribution in [0.5, 0.6) is 11.5 Å². The average Bonchev–Trinajstić information content (AvgIpc) is 3.12. The number of hydrogen-bond donors (Lipinski definition) is 1. The van der Waals surface area contributed by atoms with Gasteiger partial charge in [-0.1, -0.05) is 18.2 Å². The third kappa shape index (κ3) is 4.95. The van der Waals surface area contributed by atoms with Crippen LogP contribution < -0.4 is 14.8 Å². The van der Waals surface area contributed by atoms with E-state index in [9.17, 15) is 14.0 Å². The number of nitrogens with one attached hydrogen (secondary N) is 1. The Kier molecular flexibility index (Phi) is 5.68. The predicted molar refractivity (Wildman–Crippen MR) is 90.1 cm³/mol. The molecule has 1 amide bonds. The summed E-state index contributed by atoms with van der Waals surface area (Å²) < 4.78 is 28.2. The van der Waals surface area contributed by atoms with Crippen molar-refractivity contribution in [2.75, 3.05) is 13.4 Å². The van der Waals surface area contributed by atoms with E-state index in [-0.39, 0.29) is 25.6 Å². The van der Waals surface area contributed by atoms with E-state index in [4.69, 9.17) is 14.2 Å². The van der Waals surface area contributed by atoms with Crippen LogP contribution in [0.1, 0.15) is 17.5 Å². The molecule has 0 unspecified atom stereocenters. The van der Waals surface area contributed by atoms with Crippen LogP contribution in [0.15, 0.2) is 42.5 Å². The molecule has 2 aromatic rings. The Balaban J connectivity index is 1.35. The number of aryl methyl sites for hydroxylation is 1. The lowest BCUT2D eigenvalue weighted by Crippen LogP contribution is -2.28. The van der Waals surface area contributed by atoms with Crippen molar-refractivity contribution in [1.82, 2.24) is 5.32 Å². The summed E-state index contributed by atoms with van der Waals surface area (Å²) in [4.78, 5) is 23.5. The molecule has 7 heteroatoms. The molecule has 0 aromatic heterocycles. The number of amides is 1. The molecule has 0 saturated heterocycles. The first kappa shape index (κ1) is 17.7. The van der Waals surface area contributed by atoms with Gasteiger partial charge in [-0.15, -0.1) is 0 Å². The van der Waals surface area contributed by atoms with Crippen molar-refractivity contribution in [3.8, 4) is 11.5 Å². The van der Waals surface area contributed by atoms with E-state index in [1.165, 1.54) is 12.1 Å². The maximum atomic E-state index is 12.8. The number of halogens is 1. The van der Waals surface area contributed by atoms with Gasteiger partial charge >= 0.3 is 5.97 Å². The first-order valence-electron chi connectivity index (χ1n) is 8.15. The number of benzene rings is 2. The predicted octanol–water partition coefficient (Wildman–Crippen LogP) is 2.35. The van der Waals surface area contributed by atoms with Gasteiger partial charge in [0.25, 0.3) is 5.91 Å². The van der Waals surface area contributed by atoms with Crippen molar-refractivity contribution < 1.29 is 28.2 Å². The fraction of sp³-hybridized carbons (Fsp3) is 0.263. The van der Waals surface area contributed by atoms with Crippen molar-refractivity contribution >= 4 is 11.9 Å². The molecule has 1 heterocycles. The molecule has 0 saturated carbocycles. The molecular formula is C19H18FNO5. The molecule has 2 aromatic carbocycles. The molecule has 0 aliphatic carbocycles. The fourth-order valence-electron chi connectivity index (χ4n) is 2.42. The second-order valence-electron chi connectivity index (χ2n) is 5.75. The van der Waals surface area contributed by atoms with Crippen molar-refractivity contribution in [3.05, 3.63) is 59.4 Å². The zero-order valence-electron chi connectivity index (χ0n) is 14.0. The van der Waals surface area contributed by atoms with Crippen LogP contribution in [0.2, 0.25) is 0 Å². The number of ether oxygens (including phenoxy) is 3. The van der Waals surface area contributed by atoms with Crippen molar-refractivity contribution in [1.29, 1.82) is 0 Å². The van der Waals surface area contributed by atoms with Crippen molar-refractivity contribution in [2.45, 2.75) is 19.4 Å². The minimum Gasteiger partial charge on any atom is -0.456 e. The molecule has 0 bridgehead atoms. The van der Waals surface area contributed by atoms with E-state index < -0.39 is 11.9 Å². The second-order valence-corrected chi connectivity index (χ2v) is 5.75. The molecule has 6 nitrogen and oxygen atoms in total. The lowest BCUT2D eigenvalue weighted by Gasteiger charge is -2.07. The summed E-state index contributed by atoms with van der Waals surface area (Å²) in [7, 11) is 0. The summed E-state index contributed by atoms with van der Waals surface area (Å²) in [5.41, 5.74) is 1.68. The largest absolute Gasteiger partial charge is 0.456 e. The Bertz CT molecular complexity index is 791. The summed E-state index contributed by atoms with van der Waals surface area (Å²) in [6, 6.07) is 11.3. The summed E-state index contributed by atoms with van der Waals surface area (Å²) in [6.07, 6.45) is 0.555. The van der Waals surface area contributed by atoms with E-state index >= 15 is 0 Å². The molecule has 1 aliphatic heterocycles. The van der Waals surface area contributed by atoms with E-state index in [2.05, 4.69) is 5.32 Å².